The first kappa shape index (κ1) is 19.6. The summed E-state index contributed by atoms with van der Waals surface area (Å²) in [6.45, 7) is 5.97. The summed E-state index contributed by atoms with van der Waals surface area (Å²) in [4.78, 5) is 40.9. The van der Waals surface area contributed by atoms with Crippen LogP contribution in [0.15, 0.2) is 33.9 Å². The van der Waals surface area contributed by atoms with Gasteiger partial charge in [-0.3, -0.25) is 19.1 Å². The Kier molecular flexibility index (Phi) is 5.46. The first-order chi connectivity index (χ1) is 13.3. The number of aromatic amines is 1. The zero-order valence-electron chi connectivity index (χ0n) is 16.3. The molecule has 1 heterocycles. The number of nitrogens with one attached hydrogen (secondary N) is 1. The lowest BCUT2D eigenvalue weighted by molar-refractivity contribution is 0.102. The monoisotopic (exact) mass is 377 g/mol. The van der Waals surface area contributed by atoms with Crippen LogP contribution in [-0.2, 0) is 6.54 Å². The van der Waals surface area contributed by atoms with Gasteiger partial charge in [0, 0.05) is 23.7 Å². The van der Waals surface area contributed by atoms with Crippen LogP contribution in [0.1, 0.15) is 65.3 Å². The molecule has 3 rings (SSSR count). The molecule has 0 unspecified atom stereocenters. The summed E-state index contributed by atoms with van der Waals surface area (Å²) in [6.07, 6.45) is 5.01. The highest BCUT2D eigenvalue weighted by Crippen LogP contribution is 2.31. The number of benzene rings is 1. The normalized spacial score (nSPS) is 13.8. The quantitative estimate of drug-likeness (QED) is 0.618. The summed E-state index contributed by atoms with van der Waals surface area (Å²) in [5.74, 6) is -0.193. The summed E-state index contributed by atoms with van der Waals surface area (Å²) >= 11 is 0. The Morgan fingerprint density at radius 3 is 2.64 bits per heavy atom. The Labute approximate surface area is 163 Å². The third-order valence-corrected chi connectivity index (χ3v) is 4.88. The van der Waals surface area contributed by atoms with Gasteiger partial charge in [-0.15, -0.1) is 0 Å². The molecule has 1 saturated carbocycles. The van der Waals surface area contributed by atoms with Crippen molar-refractivity contribution in [1.29, 1.82) is 5.26 Å². The summed E-state index contributed by atoms with van der Waals surface area (Å²) in [5.41, 5.74) is 1.44. The van der Waals surface area contributed by atoms with Crippen molar-refractivity contribution in [1.82, 2.24) is 9.55 Å². The van der Waals surface area contributed by atoms with Crippen LogP contribution in [0.5, 0.6) is 0 Å². The number of carbonyl (C=O) groups excluding carboxylic acids is 1. The fourth-order valence-corrected chi connectivity index (χ4v) is 3.41. The van der Waals surface area contributed by atoms with Crippen molar-refractivity contribution in [3.63, 3.8) is 0 Å². The highest BCUT2D eigenvalue weighted by molar-refractivity contribution is 6.09. The smallest absolute Gasteiger partial charge is 0.290 e. The fraction of sp³-hybridized carbons (Fsp3) is 0.364. The van der Waals surface area contributed by atoms with E-state index in [-0.39, 0.29) is 17.4 Å². The Morgan fingerprint density at radius 2 is 2.04 bits per heavy atom. The second-order valence-corrected chi connectivity index (χ2v) is 7.65. The van der Waals surface area contributed by atoms with E-state index in [0.717, 1.165) is 24.0 Å². The standard InChI is InChI=1S/C22H23N3O3/c1-13(2)18-19(25(12-15-6-7-15)22(28)24-21(18)27)20(26)17-10-14(3)9-16(11-17)5-4-8-23/h4-5,9-11,13,15H,6-7,12H2,1-3H3,(H,24,27,28)/b5-4-. The topological polar surface area (TPSA) is 95.7 Å². The van der Waals surface area contributed by atoms with Gasteiger partial charge in [0.1, 0.15) is 5.69 Å². The Balaban J connectivity index is 2.22. The Bertz CT molecular complexity index is 1110. The van der Waals surface area contributed by atoms with Gasteiger partial charge in [0.05, 0.1) is 6.07 Å². The molecule has 0 amide bonds. The third kappa shape index (κ3) is 4.04. The number of hydrogen-bond donors (Lipinski definition) is 1. The van der Waals surface area contributed by atoms with Crippen LogP contribution in [0.2, 0.25) is 0 Å². The third-order valence-electron chi connectivity index (χ3n) is 4.88. The predicted molar refractivity (Wildman–Crippen MR) is 107 cm³/mol. The van der Waals surface area contributed by atoms with E-state index in [1.807, 2.05) is 32.9 Å². The number of nitrogens with zero attached hydrogens (tertiary/aromatic N) is 2. The van der Waals surface area contributed by atoms with Crippen LogP contribution in [0, 0.1) is 24.2 Å². The molecule has 28 heavy (non-hydrogen) atoms. The van der Waals surface area contributed by atoms with Crippen molar-refractivity contribution in [3.05, 3.63) is 73.1 Å². The molecular formula is C22H23N3O3. The molecule has 1 aromatic carbocycles. The molecule has 0 spiro atoms. The number of carbonyl (C=O) groups is 1. The summed E-state index contributed by atoms with van der Waals surface area (Å²) in [7, 11) is 0. The number of ketones is 1. The number of rotatable bonds is 6. The highest BCUT2D eigenvalue weighted by atomic mass is 16.2. The van der Waals surface area contributed by atoms with E-state index in [1.165, 1.54) is 10.6 Å². The lowest BCUT2D eigenvalue weighted by atomic mass is 9.95. The number of aryl methyl sites for hydroxylation is 1. The predicted octanol–water partition coefficient (Wildman–Crippen LogP) is 3.15. The van der Waals surface area contributed by atoms with Gasteiger partial charge in [-0.2, -0.15) is 5.26 Å². The average Bonchev–Trinajstić information content (AvgIpc) is 3.44. The van der Waals surface area contributed by atoms with Gasteiger partial charge in [0.2, 0.25) is 5.78 Å². The molecule has 1 aliphatic carbocycles. The van der Waals surface area contributed by atoms with E-state index in [0.29, 0.717) is 23.6 Å². The van der Waals surface area contributed by atoms with E-state index in [9.17, 15) is 14.4 Å². The number of nitriles is 1. The Hall–Kier alpha value is -3.20. The minimum atomic E-state index is -0.540. The minimum absolute atomic E-state index is 0.177. The average molecular weight is 377 g/mol. The van der Waals surface area contributed by atoms with Gasteiger partial charge >= 0.3 is 5.69 Å². The molecule has 6 nitrogen and oxygen atoms in total. The molecule has 0 aliphatic heterocycles. The molecule has 1 aliphatic rings. The molecule has 0 saturated heterocycles. The van der Waals surface area contributed by atoms with Crippen molar-refractivity contribution in [2.45, 2.75) is 46.1 Å². The van der Waals surface area contributed by atoms with E-state index in [2.05, 4.69) is 4.98 Å². The second kappa shape index (κ2) is 7.81. The second-order valence-electron chi connectivity index (χ2n) is 7.65. The number of H-pyrrole nitrogens is 1. The van der Waals surface area contributed by atoms with Crippen LogP contribution in [-0.4, -0.2) is 15.3 Å². The first-order valence-electron chi connectivity index (χ1n) is 9.41. The minimum Gasteiger partial charge on any atom is -0.290 e. The van der Waals surface area contributed by atoms with Crippen LogP contribution in [0.4, 0.5) is 0 Å². The lowest BCUT2D eigenvalue weighted by Crippen LogP contribution is -2.38. The zero-order valence-corrected chi connectivity index (χ0v) is 16.3. The molecule has 6 heteroatoms. The van der Waals surface area contributed by atoms with E-state index >= 15 is 0 Å². The van der Waals surface area contributed by atoms with Crippen LogP contribution < -0.4 is 11.2 Å². The molecule has 1 fully saturated rings. The maximum atomic E-state index is 13.5. The van der Waals surface area contributed by atoms with Gasteiger partial charge in [-0.05, 0) is 60.9 Å². The molecule has 0 radical (unpaired) electrons. The van der Waals surface area contributed by atoms with Crippen LogP contribution >= 0.6 is 0 Å². The fourth-order valence-electron chi connectivity index (χ4n) is 3.41. The number of allylic oxidation sites excluding steroid dienone is 1. The summed E-state index contributed by atoms with van der Waals surface area (Å²) in [6, 6.07) is 7.22. The van der Waals surface area contributed by atoms with E-state index in [1.54, 1.807) is 18.2 Å². The van der Waals surface area contributed by atoms with Gasteiger partial charge in [-0.1, -0.05) is 19.9 Å². The molecule has 0 atom stereocenters. The van der Waals surface area contributed by atoms with Crippen molar-refractivity contribution >= 4 is 11.9 Å². The Morgan fingerprint density at radius 1 is 1.32 bits per heavy atom. The largest absolute Gasteiger partial charge is 0.328 e. The molecular weight excluding hydrogens is 354 g/mol. The molecule has 0 bridgehead atoms. The maximum absolute atomic E-state index is 13.5. The van der Waals surface area contributed by atoms with Gasteiger partial charge in [-0.25, -0.2) is 4.79 Å². The molecule has 2 aromatic rings. The van der Waals surface area contributed by atoms with Gasteiger partial charge in [0.15, 0.2) is 0 Å². The van der Waals surface area contributed by atoms with E-state index < -0.39 is 11.2 Å². The summed E-state index contributed by atoms with van der Waals surface area (Å²) in [5, 5.41) is 8.76. The van der Waals surface area contributed by atoms with Crippen LogP contribution in [0.3, 0.4) is 0 Å². The van der Waals surface area contributed by atoms with Crippen LogP contribution in [0.25, 0.3) is 6.08 Å². The van der Waals surface area contributed by atoms with Crippen molar-refractivity contribution in [2.24, 2.45) is 5.92 Å². The van der Waals surface area contributed by atoms with Crippen molar-refractivity contribution < 1.29 is 4.79 Å². The SMILES string of the molecule is Cc1cc(/C=C\C#N)cc(C(=O)c2c(C(C)C)c(=O)[nH]c(=O)n2CC2CC2)c1. The molecule has 1 aromatic heterocycles. The number of hydrogen-bond acceptors (Lipinski definition) is 4. The number of aromatic nitrogens is 2. The lowest BCUT2D eigenvalue weighted by Gasteiger charge is -2.17. The maximum Gasteiger partial charge on any atom is 0.328 e. The molecule has 144 valence electrons. The highest BCUT2D eigenvalue weighted by Gasteiger charge is 2.29. The van der Waals surface area contributed by atoms with Crippen molar-refractivity contribution in [2.75, 3.05) is 0 Å². The van der Waals surface area contributed by atoms with Gasteiger partial charge < -0.3 is 0 Å². The van der Waals surface area contributed by atoms with E-state index in [4.69, 9.17) is 5.26 Å². The molecule has 1 N–H and O–H groups in total. The summed E-state index contributed by atoms with van der Waals surface area (Å²) < 4.78 is 1.43. The van der Waals surface area contributed by atoms with Crippen molar-refractivity contribution in [3.8, 4) is 6.07 Å². The zero-order chi connectivity index (χ0) is 20.4. The van der Waals surface area contributed by atoms with Gasteiger partial charge in [0.25, 0.3) is 5.56 Å². The first-order valence-corrected chi connectivity index (χ1v) is 9.41.